The fraction of sp³-hybridized carbons (Fsp3) is 0.955. The van der Waals surface area contributed by atoms with E-state index in [-0.39, 0.29) is 25.7 Å². The number of ether oxygens (including phenoxy) is 4. The molecule has 17 nitrogen and oxygen atoms in total. The van der Waals surface area contributed by atoms with Crippen molar-refractivity contribution < 1.29 is 80.2 Å². The molecule has 108 heavy (non-hydrogen) atoms. The number of aliphatic hydroxyl groups is 1. The van der Waals surface area contributed by atoms with E-state index in [1.54, 1.807) is 0 Å². The maximum atomic E-state index is 13.2. The summed E-state index contributed by atoms with van der Waals surface area (Å²) in [6.07, 6.45) is 73.8. The number of unbranched alkanes of at least 4 members (excludes halogenated alkanes) is 57. The van der Waals surface area contributed by atoms with Gasteiger partial charge in [0.15, 0.2) is 12.2 Å². The van der Waals surface area contributed by atoms with Gasteiger partial charge in [-0.3, -0.25) is 37.3 Å². The summed E-state index contributed by atoms with van der Waals surface area (Å²) in [5.74, 6) is -0.556. The number of hydrogen-bond donors (Lipinski definition) is 3. The number of hydrogen-bond acceptors (Lipinski definition) is 15. The fourth-order valence-corrected chi connectivity index (χ4v) is 15.5. The van der Waals surface area contributed by atoms with Crippen molar-refractivity contribution in [2.45, 2.75) is 496 Å². The molecule has 0 heterocycles. The average molecular weight is 1580 g/mol. The minimum absolute atomic E-state index is 0.108. The molecule has 0 bridgehead atoms. The Morgan fingerprint density at radius 1 is 0.269 bits per heavy atom. The van der Waals surface area contributed by atoms with Crippen molar-refractivity contribution in [2.75, 3.05) is 39.6 Å². The molecule has 0 aliphatic heterocycles. The van der Waals surface area contributed by atoms with Gasteiger partial charge in [-0.2, -0.15) is 0 Å². The maximum absolute atomic E-state index is 13.2. The topological polar surface area (TPSA) is 237 Å². The molecule has 0 aliphatic carbocycles. The lowest BCUT2D eigenvalue weighted by atomic mass is 10.00. The quantitative estimate of drug-likeness (QED) is 0.0222. The zero-order chi connectivity index (χ0) is 79.2. The van der Waals surface area contributed by atoms with Crippen molar-refractivity contribution in [1.82, 2.24) is 0 Å². The van der Waals surface area contributed by atoms with Crippen LogP contribution in [0.4, 0.5) is 0 Å². The van der Waals surface area contributed by atoms with Gasteiger partial charge in [-0.05, 0) is 37.5 Å². The predicted molar refractivity (Wildman–Crippen MR) is 446 cm³/mol. The zero-order valence-electron chi connectivity index (χ0n) is 71.2. The fourth-order valence-electron chi connectivity index (χ4n) is 13.9. The van der Waals surface area contributed by atoms with E-state index in [2.05, 4.69) is 41.5 Å². The molecule has 642 valence electrons. The minimum atomic E-state index is -4.97. The summed E-state index contributed by atoms with van der Waals surface area (Å²) in [5.41, 5.74) is 0. The number of carbonyl (C=O) groups is 4. The molecule has 0 aromatic heterocycles. The van der Waals surface area contributed by atoms with Gasteiger partial charge in [0.2, 0.25) is 0 Å². The standard InChI is InChI=1S/C89H174O17P2/c1-7-10-12-14-16-18-20-22-24-26-28-30-32-38-42-46-50-54-61-67-73-88(93)105-84(77-99-86(91)71-65-59-52-48-44-40-36-34-33-35-39-43-47-51-57-63-69-81(4)5)79-103-107(95,96)101-75-83(90)76-102-108(97,98)104-80-85(78-100-87(92)72-66-60-56-55-58-64-70-82(6)9-3)106-89(94)74-68-62-53-49-45-41-37-31-29-27-25-23-21-19-17-15-13-11-8-2/h81-85,90H,7-80H2,1-6H3,(H,95,96)(H,97,98)/t82?,83-,84-,85-/m1/s1. The second-order valence-corrected chi connectivity index (χ2v) is 35.6. The Kier molecular flexibility index (Phi) is 78.8. The lowest BCUT2D eigenvalue weighted by molar-refractivity contribution is -0.161. The van der Waals surface area contributed by atoms with Crippen molar-refractivity contribution in [1.29, 1.82) is 0 Å². The minimum Gasteiger partial charge on any atom is -0.462 e. The monoisotopic (exact) mass is 1580 g/mol. The van der Waals surface area contributed by atoms with Crippen molar-refractivity contribution in [3.05, 3.63) is 0 Å². The largest absolute Gasteiger partial charge is 0.472 e. The molecule has 3 N–H and O–H groups in total. The van der Waals surface area contributed by atoms with E-state index in [1.807, 2.05) is 0 Å². The first-order chi connectivity index (χ1) is 52.4. The highest BCUT2D eigenvalue weighted by atomic mass is 31.2. The van der Waals surface area contributed by atoms with Crippen LogP contribution in [-0.4, -0.2) is 96.7 Å². The number of aliphatic hydroxyl groups excluding tert-OH is 1. The molecule has 0 saturated heterocycles. The molecule has 0 saturated carbocycles. The molecule has 0 rings (SSSR count). The summed E-state index contributed by atoms with van der Waals surface area (Å²) in [6.45, 7) is 9.68. The second-order valence-electron chi connectivity index (χ2n) is 32.7. The summed E-state index contributed by atoms with van der Waals surface area (Å²) >= 11 is 0. The summed E-state index contributed by atoms with van der Waals surface area (Å²) < 4.78 is 69.0. The van der Waals surface area contributed by atoms with Crippen LogP contribution in [0.5, 0.6) is 0 Å². The van der Waals surface area contributed by atoms with Crippen LogP contribution in [0.3, 0.4) is 0 Å². The van der Waals surface area contributed by atoms with Gasteiger partial charge < -0.3 is 33.8 Å². The third-order valence-electron chi connectivity index (χ3n) is 21.3. The van der Waals surface area contributed by atoms with Gasteiger partial charge in [-0.15, -0.1) is 0 Å². The highest BCUT2D eigenvalue weighted by Gasteiger charge is 2.31. The van der Waals surface area contributed by atoms with Gasteiger partial charge in [0.25, 0.3) is 0 Å². The Morgan fingerprint density at radius 2 is 0.472 bits per heavy atom. The Balaban J connectivity index is 5.22. The molecule has 0 aromatic carbocycles. The van der Waals surface area contributed by atoms with Crippen molar-refractivity contribution >= 4 is 39.5 Å². The predicted octanol–water partition coefficient (Wildman–Crippen LogP) is 27.4. The summed E-state index contributed by atoms with van der Waals surface area (Å²) in [4.78, 5) is 73.3. The lowest BCUT2D eigenvalue weighted by Crippen LogP contribution is -2.30. The van der Waals surface area contributed by atoms with E-state index in [0.717, 1.165) is 108 Å². The lowest BCUT2D eigenvalue weighted by Gasteiger charge is -2.21. The first-order valence-electron chi connectivity index (χ1n) is 46.0. The Bertz CT molecular complexity index is 2070. The molecule has 0 aliphatic rings. The van der Waals surface area contributed by atoms with Crippen LogP contribution in [0.25, 0.3) is 0 Å². The van der Waals surface area contributed by atoms with Crippen molar-refractivity contribution in [3.63, 3.8) is 0 Å². The van der Waals surface area contributed by atoms with Gasteiger partial charge in [0.1, 0.15) is 19.3 Å². The SMILES string of the molecule is CCCCCCCCCCCCCCCCCCCCCCC(=O)O[C@H](COC(=O)CCCCCCCCCCCCCCCCCCC(C)C)COP(=O)(O)OC[C@@H](O)COP(=O)(O)OC[C@@H](COC(=O)CCCCCCCCC(C)CC)OC(=O)CCCCCCCCCCCCCCCCCCCCC. The molecule has 3 unspecified atom stereocenters. The molecule has 0 spiro atoms. The van der Waals surface area contributed by atoms with Crippen LogP contribution in [-0.2, 0) is 65.4 Å². The number of phosphoric ester groups is 2. The highest BCUT2D eigenvalue weighted by molar-refractivity contribution is 7.47. The molecule has 0 fully saturated rings. The first-order valence-corrected chi connectivity index (χ1v) is 49.0. The van der Waals surface area contributed by atoms with Crippen LogP contribution < -0.4 is 0 Å². The molecule has 0 amide bonds. The smallest absolute Gasteiger partial charge is 0.462 e. The highest BCUT2D eigenvalue weighted by Crippen LogP contribution is 2.45. The van der Waals surface area contributed by atoms with Crippen LogP contribution in [0, 0.1) is 11.8 Å². The summed E-state index contributed by atoms with van der Waals surface area (Å²) in [6, 6.07) is 0. The van der Waals surface area contributed by atoms with E-state index in [9.17, 15) is 43.2 Å². The molecular weight excluding hydrogens is 1400 g/mol. The Hall–Kier alpha value is -1.94. The first kappa shape index (κ1) is 106. The van der Waals surface area contributed by atoms with Crippen molar-refractivity contribution in [2.24, 2.45) is 11.8 Å². The van der Waals surface area contributed by atoms with Gasteiger partial charge in [0, 0.05) is 25.7 Å². The van der Waals surface area contributed by atoms with E-state index in [0.29, 0.717) is 25.7 Å². The third kappa shape index (κ3) is 80.7. The molecule has 19 heteroatoms. The molecule has 0 radical (unpaired) electrons. The van der Waals surface area contributed by atoms with E-state index in [4.69, 9.17) is 37.0 Å². The number of esters is 4. The van der Waals surface area contributed by atoms with Crippen LogP contribution in [0.15, 0.2) is 0 Å². The van der Waals surface area contributed by atoms with E-state index >= 15 is 0 Å². The molecule has 6 atom stereocenters. The van der Waals surface area contributed by atoms with Crippen molar-refractivity contribution in [3.8, 4) is 0 Å². The molecular formula is C89H174O17P2. The van der Waals surface area contributed by atoms with Crippen LogP contribution in [0.2, 0.25) is 0 Å². The number of rotatable bonds is 88. The summed E-state index contributed by atoms with van der Waals surface area (Å²) in [7, 11) is -9.93. The van der Waals surface area contributed by atoms with Crippen LogP contribution >= 0.6 is 15.6 Å². The number of phosphoric acid groups is 2. The molecule has 0 aromatic rings. The van der Waals surface area contributed by atoms with E-state index in [1.165, 1.54) is 289 Å². The van der Waals surface area contributed by atoms with Crippen LogP contribution in [0.1, 0.15) is 478 Å². The number of carbonyl (C=O) groups excluding carboxylic acids is 4. The maximum Gasteiger partial charge on any atom is 0.472 e. The van der Waals surface area contributed by atoms with Gasteiger partial charge in [-0.25, -0.2) is 9.13 Å². The third-order valence-corrected chi connectivity index (χ3v) is 23.2. The van der Waals surface area contributed by atoms with E-state index < -0.39 is 97.5 Å². The Morgan fingerprint density at radius 3 is 0.704 bits per heavy atom. The Labute approximate surface area is 664 Å². The average Bonchev–Trinajstić information content (AvgIpc) is 0.901. The second kappa shape index (κ2) is 80.3. The van der Waals surface area contributed by atoms with Gasteiger partial charge in [-0.1, -0.05) is 427 Å². The van der Waals surface area contributed by atoms with Gasteiger partial charge >= 0.3 is 39.5 Å². The summed E-state index contributed by atoms with van der Waals surface area (Å²) in [5, 5.41) is 10.7. The normalized spacial score (nSPS) is 14.0. The van der Waals surface area contributed by atoms with Gasteiger partial charge in [0.05, 0.1) is 26.4 Å². The zero-order valence-corrected chi connectivity index (χ0v) is 73.0.